The van der Waals surface area contributed by atoms with Crippen molar-refractivity contribution in [2.24, 2.45) is 0 Å². The Balaban J connectivity index is 1.41. The average molecular weight is 564 g/mol. The van der Waals surface area contributed by atoms with Crippen molar-refractivity contribution < 1.29 is 1.37 Å². The first-order valence-electron chi connectivity index (χ1n) is 15.2. The SMILES string of the molecule is [2H]c1ccc2cc(-c3c4ccccc4c(-c4ccc(-c5ccccc5)c5sc6ccccc6c45)c4ccccc34)ccc2c1. The van der Waals surface area contributed by atoms with Gasteiger partial charge in [-0.3, -0.25) is 0 Å². The molecular weight excluding hydrogens is 537 g/mol. The Morgan fingerprint density at radius 1 is 0.419 bits per heavy atom. The first kappa shape index (κ1) is 23.3. The molecule has 1 heteroatoms. The third-order valence-electron chi connectivity index (χ3n) is 8.79. The Morgan fingerprint density at radius 2 is 1.05 bits per heavy atom. The van der Waals surface area contributed by atoms with E-state index in [1.54, 1.807) is 0 Å². The zero-order chi connectivity index (χ0) is 29.2. The molecule has 0 bridgehead atoms. The summed E-state index contributed by atoms with van der Waals surface area (Å²) < 4.78 is 10.7. The highest BCUT2D eigenvalue weighted by Gasteiger charge is 2.21. The lowest BCUT2D eigenvalue weighted by molar-refractivity contribution is 1.66. The van der Waals surface area contributed by atoms with Crippen LogP contribution in [0.25, 0.3) is 85.9 Å². The highest BCUT2D eigenvalue weighted by atomic mass is 32.1. The molecule has 43 heavy (non-hydrogen) atoms. The highest BCUT2D eigenvalue weighted by Crippen LogP contribution is 2.49. The maximum absolute atomic E-state index is 8.07. The summed E-state index contributed by atoms with van der Waals surface area (Å²) in [4.78, 5) is 0. The summed E-state index contributed by atoms with van der Waals surface area (Å²) in [5, 5.41) is 9.89. The van der Waals surface area contributed by atoms with Crippen LogP contribution in [-0.4, -0.2) is 0 Å². The van der Waals surface area contributed by atoms with Gasteiger partial charge in [0.25, 0.3) is 0 Å². The van der Waals surface area contributed by atoms with Gasteiger partial charge in [-0.05, 0) is 77.8 Å². The van der Waals surface area contributed by atoms with Gasteiger partial charge in [0.05, 0.1) is 1.37 Å². The molecule has 0 aliphatic carbocycles. The van der Waals surface area contributed by atoms with Gasteiger partial charge in [-0.2, -0.15) is 0 Å². The fourth-order valence-electron chi connectivity index (χ4n) is 6.89. The van der Waals surface area contributed by atoms with Gasteiger partial charge in [-0.25, -0.2) is 0 Å². The van der Waals surface area contributed by atoms with Crippen molar-refractivity contribution in [3.63, 3.8) is 0 Å². The first-order valence-corrected chi connectivity index (χ1v) is 15.5. The Hall–Kier alpha value is -5.24. The van der Waals surface area contributed by atoms with Gasteiger partial charge in [0.1, 0.15) is 0 Å². The number of fused-ring (bicyclic) bond motifs is 6. The molecule has 1 heterocycles. The van der Waals surface area contributed by atoms with E-state index in [4.69, 9.17) is 1.37 Å². The second-order valence-corrected chi connectivity index (χ2v) is 12.2. The van der Waals surface area contributed by atoms with E-state index >= 15 is 0 Å². The third-order valence-corrected chi connectivity index (χ3v) is 9.99. The van der Waals surface area contributed by atoms with Crippen molar-refractivity contribution >= 4 is 63.8 Å². The molecule has 9 rings (SSSR count). The van der Waals surface area contributed by atoms with Gasteiger partial charge in [0.15, 0.2) is 0 Å². The molecule has 0 amide bonds. The smallest absolute Gasteiger partial charge is 0.0623 e. The van der Waals surface area contributed by atoms with Crippen LogP contribution in [-0.2, 0) is 0 Å². The van der Waals surface area contributed by atoms with Gasteiger partial charge in [-0.15, -0.1) is 11.3 Å². The first-order chi connectivity index (χ1) is 21.7. The zero-order valence-corrected chi connectivity index (χ0v) is 24.2. The molecule has 0 aliphatic heterocycles. The number of rotatable bonds is 3. The monoisotopic (exact) mass is 563 g/mol. The molecule has 0 spiro atoms. The third kappa shape index (κ3) is 3.75. The van der Waals surface area contributed by atoms with Crippen LogP contribution in [0.1, 0.15) is 1.37 Å². The predicted molar refractivity (Wildman–Crippen MR) is 188 cm³/mol. The second kappa shape index (κ2) is 9.66. The fraction of sp³-hybridized carbons (Fsp3) is 0. The van der Waals surface area contributed by atoms with Gasteiger partial charge in [0.2, 0.25) is 0 Å². The minimum Gasteiger partial charge on any atom is -0.135 e. The van der Waals surface area contributed by atoms with Gasteiger partial charge < -0.3 is 0 Å². The number of hydrogen-bond acceptors (Lipinski definition) is 1. The van der Waals surface area contributed by atoms with E-state index in [-0.39, 0.29) is 0 Å². The second-order valence-electron chi connectivity index (χ2n) is 11.2. The summed E-state index contributed by atoms with van der Waals surface area (Å²) in [5.41, 5.74) is 7.53. The molecule has 0 aliphatic rings. The van der Waals surface area contributed by atoms with Crippen molar-refractivity contribution in [1.82, 2.24) is 0 Å². The van der Waals surface area contributed by atoms with E-state index in [9.17, 15) is 0 Å². The normalized spacial score (nSPS) is 12.0. The molecule has 0 unspecified atom stereocenters. The number of thiophene rings is 1. The Labute approximate surface area is 255 Å². The highest BCUT2D eigenvalue weighted by molar-refractivity contribution is 7.26. The maximum atomic E-state index is 8.07. The van der Waals surface area contributed by atoms with Crippen molar-refractivity contribution in [1.29, 1.82) is 0 Å². The van der Waals surface area contributed by atoms with E-state index in [1.807, 2.05) is 23.5 Å². The van der Waals surface area contributed by atoms with Crippen LogP contribution in [0.2, 0.25) is 0 Å². The Kier molecular flexibility index (Phi) is 5.24. The lowest BCUT2D eigenvalue weighted by Gasteiger charge is -2.19. The molecule has 0 saturated carbocycles. The van der Waals surface area contributed by atoms with Crippen molar-refractivity contribution in [3.05, 3.63) is 158 Å². The topological polar surface area (TPSA) is 0 Å². The van der Waals surface area contributed by atoms with Crippen LogP contribution >= 0.6 is 11.3 Å². The molecule has 0 nitrogen and oxygen atoms in total. The van der Waals surface area contributed by atoms with Crippen LogP contribution in [0.4, 0.5) is 0 Å². The number of benzene rings is 8. The molecule has 9 aromatic rings. The molecular formula is C42H26S. The van der Waals surface area contributed by atoms with Crippen LogP contribution in [0.5, 0.6) is 0 Å². The quantitative estimate of drug-likeness (QED) is 0.188. The number of hydrogen-bond donors (Lipinski definition) is 0. The summed E-state index contributed by atoms with van der Waals surface area (Å²) in [6, 6.07) is 55.1. The van der Waals surface area contributed by atoms with E-state index < -0.39 is 0 Å². The minimum atomic E-state index is 0.538. The van der Waals surface area contributed by atoms with Crippen LogP contribution in [0, 0.1) is 0 Å². The molecule has 200 valence electrons. The molecule has 8 aromatic carbocycles. The summed E-state index contributed by atoms with van der Waals surface area (Å²) in [6.45, 7) is 0. The average Bonchev–Trinajstić information content (AvgIpc) is 3.47. The van der Waals surface area contributed by atoms with Gasteiger partial charge in [0, 0.05) is 20.2 Å². The van der Waals surface area contributed by atoms with Crippen molar-refractivity contribution in [2.75, 3.05) is 0 Å². The molecule has 0 N–H and O–H groups in total. The molecule has 0 saturated heterocycles. The van der Waals surface area contributed by atoms with Crippen LogP contribution < -0.4 is 0 Å². The van der Waals surface area contributed by atoms with Crippen LogP contribution in [0.15, 0.2) is 158 Å². The Morgan fingerprint density at radius 3 is 1.79 bits per heavy atom. The van der Waals surface area contributed by atoms with Gasteiger partial charge >= 0.3 is 0 Å². The summed E-state index contributed by atoms with van der Waals surface area (Å²) in [5.74, 6) is 0. The summed E-state index contributed by atoms with van der Waals surface area (Å²) in [6.07, 6.45) is 0. The molecule has 1 aromatic heterocycles. The molecule has 0 radical (unpaired) electrons. The fourth-order valence-corrected chi connectivity index (χ4v) is 8.16. The van der Waals surface area contributed by atoms with Crippen LogP contribution in [0.3, 0.4) is 0 Å². The van der Waals surface area contributed by atoms with E-state index in [1.165, 1.54) is 75.1 Å². The molecule has 0 atom stereocenters. The van der Waals surface area contributed by atoms with E-state index in [2.05, 4.69) is 140 Å². The largest absolute Gasteiger partial charge is 0.135 e. The van der Waals surface area contributed by atoms with Crippen molar-refractivity contribution in [2.45, 2.75) is 0 Å². The maximum Gasteiger partial charge on any atom is 0.0623 e. The summed E-state index contributed by atoms with van der Waals surface area (Å²) >= 11 is 1.89. The standard InChI is InChI=1S/C42H26S/c1-2-13-28(14-3-1)31-24-25-37(41-36-20-10-11-21-38(36)43-42(31)41)40-34-18-8-6-16-32(34)39(33-17-7-9-19-35(33)40)30-23-22-27-12-4-5-15-29(27)26-30/h1-26H/i4D. The zero-order valence-electron chi connectivity index (χ0n) is 24.3. The minimum absolute atomic E-state index is 0.538. The summed E-state index contributed by atoms with van der Waals surface area (Å²) in [7, 11) is 0. The lowest BCUT2D eigenvalue weighted by Crippen LogP contribution is -1.92. The van der Waals surface area contributed by atoms with Crippen molar-refractivity contribution in [3.8, 4) is 33.4 Å². The van der Waals surface area contributed by atoms with Gasteiger partial charge in [-0.1, -0.05) is 146 Å². The predicted octanol–water partition coefficient (Wildman–Crippen LogP) is 12.5. The van der Waals surface area contributed by atoms with E-state index in [0.717, 1.165) is 10.8 Å². The van der Waals surface area contributed by atoms with E-state index in [0.29, 0.717) is 6.04 Å². The Bertz CT molecular complexity index is 2500. The molecule has 0 fully saturated rings. The lowest BCUT2D eigenvalue weighted by atomic mass is 9.84.